The molecule has 262 valence electrons. The Kier molecular flexibility index (Phi) is 9.51. The fourth-order valence-electron chi connectivity index (χ4n) is 7.51. The number of amides is 1. The Bertz CT molecular complexity index is 2000. The summed E-state index contributed by atoms with van der Waals surface area (Å²) in [5, 5.41) is 12.9. The lowest BCUT2D eigenvalue weighted by Crippen LogP contribution is -2.27. The van der Waals surface area contributed by atoms with Gasteiger partial charge >= 0.3 is 5.97 Å². The van der Waals surface area contributed by atoms with E-state index in [0.717, 1.165) is 46.6 Å². The minimum atomic E-state index is -0.832. The maximum absolute atomic E-state index is 16.0. The van der Waals surface area contributed by atoms with Crippen molar-refractivity contribution in [1.82, 2.24) is 19.4 Å². The summed E-state index contributed by atoms with van der Waals surface area (Å²) in [6, 6.07) is 13.0. The maximum atomic E-state index is 16.0. The number of likely N-dealkylation sites (N-methyl/N-ethyl adjacent to an activating group) is 1. The van der Waals surface area contributed by atoms with Crippen LogP contribution in [0, 0.1) is 11.7 Å². The molecule has 1 aromatic heterocycles. The first-order valence-corrected chi connectivity index (χ1v) is 17.4. The Hall–Kier alpha value is -4.16. The number of methoxy groups -OCH3 is 1. The number of ether oxygens (including phenoxy) is 2. The number of aliphatic carboxylic acids is 1. The van der Waals surface area contributed by atoms with Crippen LogP contribution in [0.1, 0.15) is 57.6 Å². The summed E-state index contributed by atoms with van der Waals surface area (Å²) in [6.45, 7) is 2.88. The van der Waals surface area contributed by atoms with Gasteiger partial charge in [0, 0.05) is 56.5 Å². The second-order valence-corrected chi connectivity index (χ2v) is 14.1. The lowest BCUT2D eigenvalue weighted by atomic mass is 9.96. The number of benzene rings is 3. The smallest absolute Gasteiger partial charge is 0.307 e. The minimum Gasteiger partial charge on any atom is -0.493 e. The van der Waals surface area contributed by atoms with Gasteiger partial charge in [0.05, 0.1) is 34.5 Å². The van der Waals surface area contributed by atoms with Crippen LogP contribution in [0.3, 0.4) is 0 Å². The van der Waals surface area contributed by atoms with Gasteiger partial charge in [-0.15, -0.1) is 0 Å². The zero-order valence-electron chi connectivity index (χ0n) is 28.1. The summed E-state index contributed by atoms with van der Waals surface area (Å²) >= 11 is 13.6. The molecule has 3 aromatic carbocycles. The molecule has 4 aromatic rings. The number of rotatable bonds is 9. The Balaban J connectivity index is 1.12. The van der Waals surface area contributed by atoms with Gasteiger partial charge in [0.1, 0.15) is 6.10 Å². The van der Waals surface area contributed by atoms with E-state index >= 15 is 4.39 Å². The van der Waals surface area contributed by atoms with Crippen molar-refractivity contribution in [3.05, 3.63) is 92.2 Å². The normalized spacial score (nSPS) is 18.9. The van der Waals surface area contributed by atoms with Crippen molar-refractivity contribution in [1.29, 1.82) is 0 Å². The van der Waals surface area contributed by atoms with Crippen LogP contribution >= 0.6 is 23.2 Å². The van der Waals surface area contributed by atoms with Crippen molar-refractivity contribution in [3.63, 3.8) is 0 Å². The molecular weight excluding hydrogens is 684 g/mol. The molecule has 0 radical (unpaired) electrons. The second kappa shape index (κ2) is 13.9. The Morgan fingerprint density at radius 3 is 2.60 bits per heavy atom. The standard InChI is InChI=1S/C37H38Cl2FN5O5/c1-43-14-13-29-28(19-43)41-35(44(29)2)36(46)42-27-9-5-8-25(31(27)39)22-6-4-7-24-23(22)10-11-30(24)50-34-26(38)16-21(33(49-3)32(34)40)18-45-15-12-20(17-45)37(47)48/h4-9,16,20,30H,10-15,17-19H2,1-3H3,(H,42,46)(H,47,48)/t20-,30-/m1/s1. The molecule has 3 aliphatic rings. The van der Waals surface area contributed by atoms with Crippen LogP contribution in [-0.2, 0) is 37.8 Å². The van der Waals surface area contributed by atoms with Crippen molar-refractivity contribution in [2.45, 2.75) is 44.9 Å². The van der Waals surface area contributed by atoms with E-state index in [1.165, 1.54) is 7.11 Å². The van der Waals surface area contributed by atoms with E-state index in [1.54, 1.807) is 12.1 Å². The molecule has 7 rings (SSSR count). The minimum absolute atomic E-state index is 0.0267. The van der Waals surface area contributed by atoms with Crippen LogP contribution in [0.4, 0.5) is 10.1 Å². The first-order valence-electron chi connectivity index (χ1n) is 16.7. The molecule has 3 heterocycles. The predicted octanol–water partition coefficient (Wildman–Crippen LogP) is 6.75. The van der Waals surface area contributed by atoms with E-state index in [2.05, 4.69) is 15.2 Å². The van der Waals surface area contributed by atoms with E-state index in [-0.39, 0.29) is 22.4 Å². The first kappa shape index (κ1) is 34.3. The lowest BCUT2D eigenvalue weighted by molar-refractivity contribution is -0.141. The summed E-state index contributed by atoms with van der Waals surface area (Å²) in [4.78, 5) is 33.6. The van der Waals surface area contributed by atoms with Crippen LogP contribution < -0.4 is 14.8 Å². The highest BCUT2D eigenvalue weighted by atomic mass is 35.5. The third kappa shape index (κ3) is 6.32. The van der Waals surface area contributed by atoms with Crippen molar-refractivity contribution in [2.75, 3.05) is 39.1 Å². The molecule has 10 nitrogen and oxygen atoms in total. The number of aromatic nitrogens is 2. The van der Waals surface area contributed by atoms with Crippen molar-refractivity contribution < 1.29 is 28.6 Å². The number of carbonyl (C=O) groups excluding carboxylic acids is 1. The number of carbonyl (C=O) groups is 2. The van der Waals surface area contributed by atoms with Gasteiger partial charge in [-0.25, -0.2) is 4.98 Å². The highest BCUT2D eigenvalue weighted by molar-refractivity contribution is 6.36. The van der Waals surface area contributed by atoms with Gasteiger partial charge in [-0.05, 0) is 61.7 Å². The number of nitrogens with one attached hydrogen (secondary N) is 1. The van der Waals surface area contributed by atoms with E-state index in [4.69, 9.17) is 32.7 Å². The van der Waals surface area contributed by atoms with Crippen molar-refractivity contribution in [3.8, 4) is 22.6 Å². The van der Waals surface area contributed by atoms with Crippen LogP contribution in [0.5, 0.6) is 11.5 Å². The molecule has 1 amide bonds. The third-order valence-electron chi connectivity index (χ3n) is 10.1. The Morgan fingerprint density at radius 1 is 1.06 bits per heavy atom. The quantitative estimate of drug-likeness (QED) is 0.195. The molecule has 2 N–H and O–H groups in total. The zero-order chi connectivity index (χ0) is 35.3. The largest absolute Gasteiger partial charge is 0.493 e. The van der Waals surface area contributed by atoms with E-state index in [1.807, 2.05) is 53.9 Å². The zero-order valence-corrected chi connectivity index (χ0v) is 29.6. The van der Waals surface area contributed by atoms with Crippen molar-refractivity contribution >= 4 is 40.8 Å². The molecule has 0 bridgehead atoms. The molecule has 1 saturated heterocycles. The molecule has 0 unspecified atom stereocenters. The van der Waals surface area contributed by atoms with Crippen LogP contribution in [0.2, 0.25) is 10.0 Å². The number of carboxylic acid groups (broad SMARTS) is 1. The number of fused-ring (bicyclic) bond motifs is 2. The molecule has 50 heavy (non-hydrogen) atoms. The maximum Gasteiger partial charge on any atom is 0.307 e. The summed E-state index contributed by atoms with van der Waals surface area (Å²) in [6.07, 6.45) is 2.13. The highest BCUT2D eigenvalue weighted by Gasteiger charge is 2.33. The SMILES string of the molecule is COc1c(CN2CC[C@@H](C(=O)O)C2)cc(Cl)c(O[C@@H]2CCc3c(-c4cccc(NC(=O)c5nc6c(n5C)CCN(C)C6)c4Cl)cccc32)c1F. The predicted molar refractivity (Wildman–Crippen MR) is 189 cm³/mol. The van der Waals surface area contributed by atoms with Gasteiger partial charge in [0.25, 0.3) is 5.91 Å². The van der Waals surface area contributed by atoms with Gasteiger partial charge in [-0.3, -0.25) is 14.5 Å². The fourth-order valence-corrected chi connectivity index (χ4v) is 8.04. The number of hydrogen-bond donors (Lipinski definition) is 2. The molecule has 1 aliphatic carbocycles. The van der Waals surface area contributed by atoms with E-state index < -0.39 is 23.8 Å². The summed E-state index contributed by atoms with van der Waals surface area (Å²) in [5.41, 5.74) is 6.55. The summed E-state index contributed by atoms with van der Waals surface area (Å²) in [5.74, 6) is -2.04. The molecule has 1 fully saturated rings. The molecule has 13 heteroatoms. The van der Waals surface area contributed by atoms with Crippen LogP contribution in [0.15, 0.2) is 42.5 Å². The van der Waals surface area contributed by atoms with Gasteiger partial charge < -0.3 is 29.4 Å². The monoisotopic (exact) mass is 721 g/mol. The van der Waals surface area contributed by atoms with Gasteiger partial charge in [-0.2, -0.15) is 4.39 Å². The average Bonchev–Trinajstić information content (AvgIpc) is 3.81. The van der Waals surface area contributed by atoms with Crippen LogP contribution in [-0.4, -0.2) is 70.1 Å². The fraction of sp³-hybridized carbons (Fsp3) is 0.378. The van der Waals surface area contributed by atoms with Gasteiger partial charge in [0.2, 0.25) is 5.82 Å². The second-order valence-electron chi connectivity index (χ2n) is 13.3. The average molecular weight is 723 g/mol. The number of carboxylic acids is 1. The lowest BCUT2D eigenvalue weighted by Gasteiger charge is -2.22. The Morgan fingerprint density at radius 2 is 1.84 bits per heavy atom. The highest BCUT2D eigenvalue weighted by Crippen LogP contribution is 2.46. The number of halogens is 3. The molecular formula is C37H38Cl2FN5O5. The molecule has 2 aliphatic heterocycles. The summed E-state index contributed by atoms with van der Waals surface area (Å²) in [7, 11) is 5.30. The third-order valence-corrected chi connectivity index (χ3v) is 10.8. The van der Waals surface area contributed by atoms with Crippen LogP contribution in [0.25, 0.3) is 11.1 Å². The number of likely N-dealkylation sites (tertiary alicyclic amines) is 1. The first-order chi connectivity index (χ1) is 24.0. The number of hydrogen-bond acceptors (Lipinski definition) is 7. The molecule has 2 atom stereocenters. The number of anilines is 1. The summed E-state index contributed by atoms with van der Waals surface area (Å²) < 4.78 is 29.6. The molecule has 0 spiro atoms. The van der Waals surface area contributed by atoms with E-state index in [9.17, 15) is 14.7 Å². The number of nitrogens with zero attached hydrogens (tertiary/aromatic N) is 4. The van der Waals surface area contributed by atoms with Crippen molar-refractivity contribution in [2.24, 2.45) is 13.0 Å². The topological polar surface area (TPSA) is 109 Å². The Labute approximate surface area is 299 Å². The molecule has 0 saturated carbocycles. The number of imidazole rings is 1. The van der Waals surface area contributed by atoms with Gasteiger partial charge in [-0.1, -0.05) is 53.5 Å². The van der Waals surface area contributed by atoms with Gasteiger partial charge in [0.15, 0.2) is 17.3 Å². The van der Waals surface area contributed by atoms with E-state index in [0.29, 0.717) is 67.5 Å².